The summed E-state index contributed by atoms with van der Waals surface area (Å²) in [5.74, 6) is 0.0249. The maximum absolute atomic E-state index is 11.8. The first-order valence-electron chi connectivity index (χ1n) is 7.08. The summed E-state index contributed by atoms with van der Waals surface area (Å²) in [6.07, 6.45) is 2.78. The van der Waals surface area contributed by atoms with Gasteiger partial charge in [0, 0.05) is 24.1 Å². The van der Waals surface area contributed by atoms with Crippen LogP contribution in [-0.4, -0.2) is 22.6 Å². The number of nitrogens with zero attached hydrogens (tertiary/aromatic N) is 1. The third-order valence-corrected chi connectivity index (χ3v) is 3.96. The molecule has 2 aromatic rings. The minimum atomic E-state index is 0.0249. The smallest absolute Gasteiger partial charge is 0.224 e. The van der Waals surface area contributed by atoms with Gasteiger partial charge in [-0.2, -0.15) is 0 Å². The normalized spacial score (nSPS) is 10.6. The summed E-state index contributed by atoms with van der Waals surface area (Å²) in [6, 6.07) is 7.58. The van der Waals surface area contributed by atoms with Crippen LogP contribution in [0.1, 0.15) is 29.1 Å². The molecule has 0 unspecified atom stereocenters. The van der Waals surface area contributed by atoms with Crippen molar-refractivity contribution >= 4 is 22.9 Å². The molecule has 5 heteroatoms. The van der Waals surface area contributed by atoms with Crippen molar-refractivity contribution in [1.82, 2.24) is 4.98 Å². The number of anilines is 1. The molecule has 0 radical (unpaired) electrons. The minimum absolute atomic E-state index is 0.0249. The van der Waals surface area contributed by atoms with Crippen LogP contribution >= 0.6 is 11.3 Å². The van der Waals surface area contributed by atoms with Gasteiger partial charge < -0.3 is 10.4 Å². The fraction of sp³-hybridized carbons (Fsp3) is 0.375. The first-order chi connectivity index (χ1) is 10.2. The highest BCUT2D eigenvalue weighted by molar-refractivity contribution is 7.09. The lowest BCUT2D eigenvalue weighted by atomic mass is 10.1. The summed E-state index contributed by atoms with van der Waals surface area (Å²) in [4.78, 5) is 16.2. The monoisotopic (exact) mass is 304 g/mol. The molecule has 0 aliphatic carbocycles. The van der Waals surface area contributed by atoms with Crippen molar-refractivity contribution in [3.8, 4) is 0 Å². The van der Waals surface area contributed by atoms with Gasteiger partial charge in [0.25, 0.3) is 0 Å². The van der Waals surface area contributed by atoms with Crippen LogP contribution in [-0.2, 0) is 17.6 Å². The Hall–Kier alpha value is -1.72. The number of hydrogen-bond donors (Lipinski definition) is 2. The lowest BCUT2D eigenvalue weighted by Gasteiger charge is -2.06. The number of amides is 1. The maximum atomic E-state index is 11.8. The van der Waals surface area contributed by atoms with Crippen molar-refractivity contribution in [2.45, 2.75) is 32.6 Å². The standard InChI is InChI=1S/C16H20N2O2S/c1-12-17-15(11-21-12)3-2-4-16(20)18-14-7-5-13(6-8-14)9-10-19/h5-8,11,19H,2-4,9-10H2,1H3,(H,18,20). The molecule has 21 heavy (non-hydrogen) atoms. The predicted octanol–water partition coefficient (Wildman–Crippen LogP) is 2.95. The number of nitrogens with one attached hydrogen (secondary N) is 1. The van der Waals surface area contributed by atoms with Crippen LogP contribution in [0.3, 0.4) is 0 Å². The molecule has 1 amide bonds. The predicted molar refractivity (Wildman–Crippen MR) is 85.7 cm³/mol. The molecule has 112 valence electrons. The van der Waals surface area contributed by atoms with Crippen molar-refractivity contribution in [3.63, 3.8) is 0 Å². The van der Waals surface area contributed by atoms with Gasteiger partial charge >= 0.3 is 0 Å². The first-order valence-corrected chi connectivity index (χ1v) is 7.96. The molecule has 0 saturated carbocycles. The second-order valence-corrected chi connectivity index (χ2v) is 5.99. The van der Waals surface area contributed by atoms with Crippen LogP contribution in [0.4, 0.5) is 5.69 Å². The molecule has 1 aromatic carbocycles. The van der Waals surface area contributed by atoms with Gasteiger partial charge in [0.15, 0.2) is 0 Å². The number of aromatic nitrogens is 1. The highest BCUT2D eigenvalue weighted by Gasteiger charge is 2.04. The fourth-order valence-electron chi connectivity index (χ4n) is 2.06. The average molecular weight is 304 g/mol. The number of hydrogen-bond acceptors (Lipinski definition) is 4. The Morgan fingerprint density at radius 3 is 2.67 bits per heavy atom. The molecular weight excluding hydrogens is 284 g/mol. The Morgan fingerprint density at radius 1 is 1.29 bits per heavy atom. The number of thiazole rings is 1. The van der Waals surface area contributed by atoms with Crippen molar-refractivity contribution < 1.29 is 9.90 Å². The van der Waals surface area contributed by atoms with E-state index in [9.17, 15) is 4.79 Å². The van der Waals surface area contributed by atoms with E-state index in [1.807, 2.05) is 36.6 Å². The van der Waals surface area contributed by atoms with E-state index in [1.54, 1.807) is 11.3 Å². The van der Waals surface area contributed by atoms with Crippen LogP contribution in [0.2, 0.25) is 0 Å². The Morgan fingerprint density at radius 2 is 2.05 bits per heavy atom. The molecule has 0 fully saturated rings. The van der Waals surface area contributed by atoms with Gasteiger partial charge in [0.2, 0.25) is 5.91 Å². The zero-order valence-corrected chi connectivity index (χ0v) is 12.9. The summed E-state index contributed by atoms with van der Waals surface area (Å²) >= 11 is 1.64. The van der Waals surface area contributed by atoms with Crippen molar-refractivity contribution in [3.05, 3.63) is 45.9 Å². The SMILES string of the molecule is Cc1nc(CCCC(=O)Nc2ccc(CCO)cc2)cs1. The van der Waals surface area contributed by atoms with Gasteiger partial charge in [-0.15, -0.1) is 11.3 Å². The topological polar surface area (TPSA) is 62.2 Å². The van der Waals surface area contributed by atoms with Crippen LogP contribution in [0.15, 0.2) is 29.6 Å². The third kappa shape index (κ3) is 5.28. The molecule has 2 N–H and O–H groups in total. The third-order valence-electron chi connectivity index (χ3n) is 3.14. The van der Waals surface area contributed by atoms with E-state index >= 15 is 0 Å². The molecule has 0 bridgehead atoms. The van der Waals surface area contributed by atoms with Gasteiger partial charge in [-0.25, -0.2) is 4.98 Å². The van der Waals surface area contributed by atoms with Crippen LogP contribution in [0.5, 0.6) is 0 Å². The molecule has 0 spiro atoms. The summed E-state index contributed by atoms with van der Waals surface area (Å²) in [5.41, 5.74) is 2.93. The number of aryl methyl sites for hydroxylation is 2. The summed E-state index contributed by atoms with van der Waals surface area (Å²) < 4.78 is 0. The lowest BCUT2D eigenvalue weighted by Crippen LogP contribution is -2.11. The fourth-order valence-corrected chi connectivity index (χ4v) is 2.71. The Labute approximate surface area is 128 Å². The van der Waals surface area contributed by atoms with Gasteiger partial charge in [0.05, 0.1) is 10.7 Å². The van der Waals surface area contributed by atoms with Gasteiger partial charge in [-0.05, 0) is 43.9 Å². The Kier molecular flexibility index (Phi) is 5.90. The van der Waals surface area contributed by atoms with Crippen LogP contribution in [0.25, 0.3) is 0 Å². The quantitative estimate of drug-likeness (QED) is 0.826. The summed E-state index contributed by atoms with van der Waals surface area (Å²) in [7, 11) is 0. The van der Waals surface area contributed by atoms with E-state index < -0.39 is 0 Å². The second-order valence-electron chi connectivity index (χ2n) is 4.93. The molecule has 0 saturated heterocycles. The molecule has 0 aliphatic rings. The largest absolute Gasteiger partial charge is 0.396 e. The van der Waals surface area contributed by atoms with E-state index in [4.69, 9.17) is 5.11 Å². The van der Waals surface area contributed by atoms with E-state index in [0.29, 0.717) is 12.8 Å². The summed E-state index contributed by atoms with van der Waals surface area (Å²) in [6.45, 7) is 2.13. The van der Waals surface area contributed by atoms with E-state index in [0.717, 1.165) is 34.8 Å². The number of benzene rings is 1. The highest BCUT2D eigenvalue weighted by atomic mass is 32.1. The number of aliphatic hydroxyl groups is 1. The molecule has 1 heterocycles. The van der Waals surface area contributed by atoms with Gasteiger partial charge in [0.1, 0.15) is 0 Å². The maximum Gasteiger partial charge on any atom is 0.224 e. The molecular formula is C16H20N2O2S. The van der Waals surface area contributed by atoms with Crippen LogP contribution in [0, 0.1) is 6.92 Å². The Bertz CT molecular complexity index is 578. The molecule has 4 nitrogen and oxygen atoms in total. The lowest BCUT2D eigenvalue weighted by molar-refractivity contribution is -0.116. The molecule has 2 rings (SSSR count). The molecule has 0 atom stereocenters. The van der Waals surface area contributed by atoms with E-state index in [-0.39, 0.29) is 12.5 Å². The number of carbonyl (C=O) groups is 1. The second kappa shape index (κ2) is 7.90. The van der Waals surface area contributed by atoms with Crippen LogP contribution < -0.4 is 5.32 Å². The number of carbonyl (C=O) groups excluding carboxylic acids is 1. The molecule has 0 aliphatic heterocycles. The zero-order chi connectivity index (χ0) is 15.1. The molecule has 1 aromatic heterocycles. The number of rotatable bonds is 7. The average Bonchev–Trinajstić information content (AvgIpc) is 2.87. The van der Waals surface area contributed by atoms with Crippen molar-refractivity contribution in [2.75, 3.05) is 11.9 Å². The Balaban J connectivity index is 1.73. The highest BCUT2D eigenvalue weighted by Crippen LogP contribution is 2.13. The summed E-state index contributed by atoms with van der Waals surface area (Å²) in [5, 5.41) is 14.9. The number of aliphatic hydroxyl groups excluding tert-OH is 1. The van der Waals surface area contributed by atoms with E-state index in [1.165, 1.54) is 0 Å². The van der Waals surface area contributed by atoms with Gasteiger partial charge in [-0.1, -0.05) is 12.1 Å². The zero-order valence-electron chi connectivity index (χ0n) is 12.1. The van der Waals surface area contributed by atoms with Gasteiger partial charge in [-0.3, -0.25) is 4.79 Å². The van der Waals surface area contributed by atoms with E-state index in [2.05, 4.69) is 10.3 Å². The van der Waals surface area contributed by atoms with Crippen molar-refractivity contribution in [2.24, 2.45) is 0 Å². The first kappa shape index (κ1) is 15.7. The van der Waals surface area contributed by atoms with Crippen molar-refractivity contribution in [1.29, 1.82) is 0 Å². The minimum Gasteiger partial charge on any atom is -0.396 e.